The average Bonchev–Trinajstić information content (AvgIpc) is 2.76. The highest BCUT2D eigenvalue weighted by atomic mass is 79.9. The van der Waals surface area contributed by atoms with Gasteiger partial charge in [0.2, 0.25) is 0 Å². The van der Waals surface area contributed by atoms with E-state index in [4.69, 9.17) is 4.42 Å². The van der Waals surface area contributed by atoms with Crippen LogP contribution in [0.5, 0.6) is 0 Å². The first-order valence-electron chi connectivity index (χ1n) is 5.46. The Balaban J connectivity index is 2.60. The summed E-state index contributed by atoms with van der Waals surface area (Å²) < 4.78 is 6.26. The number of nitrogens with one attached hydrogen (secondary N) is 1. The fraction of sp³-hybridized carbons (Fsp3) is 0.333. The number of hydrogen-bond acceptors (Lipinski definition) is 4. The summed E-state index contributed by atoms with van der Waals surface area (Å²) in [6.45, 7) is 4.10. The molecule has 0 atom stereocenters. The predicted molar refractivity (Wildman–Crippen MR) is 71.1 cm³/mol. The Labute approximate surface area is 109 Å². The quantitative estimate of drug-likeness (QED) is 0.943. The van der Waals surface area contributed by atoms with Crippen molar-refractivity contribution in [3.05, 3.63) is 28.1 Å². The van der Waals surface area contributed by atoms with E-state index < -0.39 is 0 Å². The molecule has 0 radical (unpaired) electrons. The normalized spacial score (nSPS) is 10.6. The summed E-state index contributed by atoms with van der Waals surface area (Å²) in [5, 5.41) is 3.08. The molecule has 0 spiro atoms. The smallest absolute Gasteiger partial charge is 0.199 e. The fourth-order valence-electron chi connectivity index (χ4n) is 1.71. The van der Waals surface area contributed by atoms with Gasteiger partial charge in [0, 0.05) is 18.3 Å². The molecule has 5 heteroatoms. The van der Waals surface area contributed by atoms with Gasteiger partial charge < -0.3 is 9.73 Å². The van der Waals surface area contributed by atoms with Crippen molar-refractivity contribution in [2.45, 2.75) is 20.3 Å². The largest absolute Gasteiger partial charge is 0.460 e. The zero-order valence-electron chi connectivity index (χ0n) is 10.0. The van der Waals surface area contributed by atoms with Crippen molar-refractivity contribution >= 4 is 21.7 Å². The zero-order chi connectivity index (χ0) is 12.4. The third kappa shape index (κ3) is 2.20. The molecule has 90 valence electrons. The molecular formula is C12H14BrN3O. The zero-order valence-corrected chi connectivity index (χ0v) is 11.6. The van der Waals surface area contributed by atoms with Crippen molar-refractivity contribution in [2.24, 2.45) is 0 Å². The van der Waals surface area contributed by atoms with Gasteiger partial charge in [-0.1, -0.05) is 6.92 Å². The van der Waals surface area contributed by atoms with Gasteiger partial charge in [0.1, 0.15) is 5.82 Å². The van der Waals surface area contributed by atoms with E-state index in [9.17, 15) is 0 Å². The molecule has 2 rings (SSSR count). The number of halogens is 1. The maximum Gasteiger partial charge on any atom is 0.199 e. The number of aromatic nitrogens is 2. The van der Waals surface area contributed by atoms with Crippen LogP contribution in [0, 0.1) is 6.92 Å². The number of hydrogen-bond donors (Lipinski definition) is 1. The molecule has 0 aliphatic carbocycles. The number of aryl methyl sites for hydroxylation is 1. The van der Waals surface area contributed by atoms with Crippen molar-refractivity contribution in [1.29, 1.82) is 0 Å². The van der Waals surface area contributed by atoms with E-state index in [1.54, 1.807) is 6.26 Å². The van der Waals surface area contributed by atoms with Gasteiger partial charge in [-0.05, 0) is 35.3 Å². The van der Waals surface area contributed by atoms with Crippen molar-refractivity contribution < 1.29 is 4.42 Å². The molecule has 1 N–H and O–H groups in total. The Bertz CT molecular complexity index is 511. The van der Waals surface area contributed by atoms with Crippen LogP contribution in [0.1, 0.15) is 18.2 Å². The monoisotopic (exact) mass is 295 g/mol. The van der Waals surface area contributed by atoms with Crippen LogP contribution in [0.15, 0.2) is 21.2 Å². The van der Waals surface area contributed by atoms with Crippen molar-refractivity contribution in [3.63, 3.8) is 0 Å². The molecule has 2 heterocycles. The molecule has 2 aromatic rings. The van der Waals surface area contributed by atoms with Gasteiger partial charge in [0.15, 0.2) is 11.6 Å². The molecule has 0 aliphatic heterocycles. The van der Waals surface area contributed by atoms with Crippen molar-refractivity contribution in [1.82, 2.24) is 9.97 Å². The van der Waals surface area contributed by atoms with E-state index in [1.165, 1.54) is 0 Å². The van der Waals surface area contributed by atoms with Gasteiger partial charge in [0.25, 0.3) is 0 Å². The second kappa shape index (κ2) is 4.87. The summed E-state index contributed by atoms with van der Waals surface area (Å²) in [4.78, 5) is 8.98. The molecule has 0 saturated carbocycles. The molecule has 0 aliphatic rings. The van der Waals surface area contributed by atoms with Crippen molar-refractivity contribution in [3.8, 4) is 11.6 Å². The highest BCUT2D eigenvalue weighted by Gasteiger charge is 2.14. The molecule has 17 heavy (non-hydrogen) atoms. The summed E-state index contributed by atoms with van der Waals surface area (Å²) in [5.41, 5.74) is 2.11. The second-order valence-corrected chi connectivity index (χ2v) is 4.52. The van der Waals surface area contributed by atoms with E-state index in [2.05, 4.69) is 38.1 Å². The van der Waals surface area contributed by atoms with E-state index >= 15 is 0 Å². The Morgan fingerprint density at radius 3 is 2.71 bits per heavy atom. The Morgan fingerprint density at radius 2 is 2.18 bits per heavy atom. The minimum Gasteiger partial charge on any atom is -0.460 e. The van der Waals surface area contributed by atoms with E-state index in [0.29, 0.717) is 11.6 Å². The molecule has 0 amide bonds. The molecule has 0 bridgehead atoms. The lowest BCUT2D eigenvalue weighted by Crippen LogP contribution is -2.04. The summed E-state index contributed by atoms with van der Waals surface area (Å²) >= 11 is 3.42. The highest BCUT2D eigenvalue weighted by molar-refractivity contribution is 9.10. The fourth-order valence-corrected chi connectivity index (χ4v) is 2.08. The van der Waals surface area contributed by atoms with Crippen LogP contribution in [0.2, 0.25) is 0 Å². The molecular weight excluding hydrogens is 282 g/mol. The minimum atomic E-state index is 0.605. The summed E-state index contributed by atoms with van der Waals surface area (Å²) in [5.74, 6) is 2.11. The summed E-state index contributed by atoms with van der Waals surface area (Å²) in [6, 6.07) is 1.84. The lowest BCUT2D eigenvalue weighted by molar-refractivity contribution is 0.575. The second-order valence-electron chi connectivity index (χ2n) is 3.67. The topological polar surface area (TPSA) is 51.0 Å². The number of nitrogens with zero attached hydrogens (tertiary/aromatic N) is 2. The first kappa shape index (κ1) is 12.1. The van der Waals surface area contributed by atoms with Crippen LogP contribution in [-0.4, -0.2) is 17.0 Å². The molecule has 0 unspecified atom stereocenters. The average molecular weight is 296 g/mol. The van der Waals surface area contributed by atoms with E-state index in [1.807, 2.05) is 20.0 Å². The Hall–Kier alpha value is -1.36. The first-order chi connectivity index (χ1) is 8.17. The van der Waals surface area contributed by atoms with Gasteiger partial charge in [-0.2, -0.15) is 0 Å². The maximum atomic E-state index is 5.39. The van der Waals surface area contributed by atoms with Crippen LogP contribution < -0.4 is 5.32 Å². The number of anilines is 1. The molecule has 0 saturated heterocycles. The number of rotatable bonds is 3. The van der Waals surface area contributed by atoms with Crippen LogP contribution in [0.4, 0.5) is 5.82 Å². The van der Waals surface area contributed by atoms with Crippen LogP contribution >= 0.6 is 15.9 Å². The molecule has 4 nitrogen and oxygen atoms in total. The van der Waals surface area contributed by atoms with Crippen LogP contribution in [0.3, 0.4) is 0 Å². The van der Waals surface area contributed by atoms with Crippen LogP contribution in [0.25, 0.3) is 11.6 Å². The highest BCUT2D eigenvalue weighted by Crippen LogP contribution is 2.28. The van der Waals surface area contributed by atoms with Crippen LogP contribution in [-0.2, 0) is 6.42 Å². The standard InChI is InChI=1S/C12H14BrN3O/c1-4-9-7(2)11(14-3)16-12(15-9)10-8(13)5-6-17-10/h5-6H,4H2,1-3H3,(H,14,15,16). The van der Waals surface area contributed by atoms with Gasteiger partial charge in [0.05, 0.1) is 10.7 Å². The van der Waals surface area contributed by atoms with E-state index in [0.717, 1.165) is 28.0 Å². The van der Waals surface area contributed by atoms with Gasteiger partial charge >= 0.3 is 0 Å². The molecule has 0 aromatic carbocycles. The molecule has 2 aromatic heterocycles. The first-order valence-corrected chi connectivity index (χ1v) is 6.25. The number of furan rings is 1. The summed E-state index contributed by atoms with van der Waals surface area (Å²) in [7, 11) is 1.86. The lowest BCUT2D eigenvalue weighted by Gasteiger charge is -2.10. The third-order valence-corrected chi connectivity index (χ3v) is 3.26. The van der Waals surface area contributed by atoms with E-state index in [-0.39, 0.29) is 0 Å². The van der Waals surface area contributed by atoms with Crippen molar-refractivity contribution in [2.75, 3.05) is 12.4 Å². The van der Waals surface area contributed by atoms with Gasteiger partial charge in [-0.25, -0.2) is 9.97 Å². The SMILES string of the molecule is CCc1nc(-c2occc2Br)nc(NC)c1C. The summed E-state index contributed by atoms with van der Waals surface area (Å²) in [6.07, 6.45) is 2.49. The Kier molecular flexibility index (Phi) is 3.47. The maximum absolute atomic E-state index is 5.39. The molecule has 0 fully saturated rings. The minimum absolute atomic E-state index is 0.605. The Morgan fingerprint density at radius 1 is 1.41 bits per heavy atom. The van der Waals surface area contributed by atoms with Gasteiger partial charge in [-0.15, -0.1) is 0 Å². The lowest BCUT2D eigenvalue weighted by atomic mass is 10.2. The van der Waals surface area contributed by atoms with Gasteiger partial charge in [-0.3, -0.25) is 0 Å². The predicted octanol–water partition coefficient (Wildman–Crippen LogP) is 3.41. The third-order valence-electron chi connectivity index (χ3n) is 2.64.